The fraction of sp³-hybridized carbons (Fsp3) is 0.211. The zero-order valence-corrected chi connectivity index (χ0v) is 16.9. The number of imide groups is 1. The van der Waals surface area contributed by atoms with Crippen molar-refractivity contribution in [2.75, 3.05) is 12.3 Å². The average Bonchev–Trinajstić information content (AvgIpc) is 3.39. The first-order chi connectivity index (χ1) is 13.2. The van der Waals surface area contributed by atoms with Crippen molar-refractivity contribution in [1.82, 2.24) is 14.3 Å². The summed E-state index contributed by atoms with van der Waals surface area (Å²) in [4.78, 5) is 31.8. The van der Waals surface area contributed by atoms with Gasteiger partial charge in [-0.25, -0.2) is 4.98 Å². The molecule has 2 amide bonds. The standard InChI is InChI=1S/C19H17N3O2S3/c23-18-15(13-14-5-4-12-25-14)27-19(24)22(18)9-1-2-11-26-17-7-3-6-16-20-8-10-21(16)17/h3-8,10,12-13H,1-2,9,11H2. The summed E-state index contributed by atoms with van der Waals surface area (Å²) in [6, 6.07) is 9.93. The number of rotatable bonds is 7. The Labute approximate surface area is 169 Å². The molecule has 0 spiro atoms. The van der Waals surface area contributed by atoms with Gasteiger partial charge in [0.15, 0.2) is 0 Å². The number of hydrogen-bond acceptors (Lipinski definition) is 6. The molecule has 0 atom stereocenters. The van der Waals surface area contributed by atoms with E-state index in [0.29, 0.717) is 11.4 Å². The van der Waals surface area contributed by atoms with E-state index in [1.54, 1.807) is 35.4 Å². The second-order valence-corrected chi connectivity index (χ2v) is 9.01. The summed E-state index contributed by atoms with van der Waals surface area (Å²) in [6.45, 7) is 0.474. The van der Waals surface area contributed by atoms with E-state index >= 15 is 0 Å². The van der Waals surface area contributed by atoms with E-state index in [0.717, 1.165) is 45.9 Å². The number of fused-ring (bicyclic) bond motifs is 1. The lowest BCUT2D eigenvalue weighted by Crippen LogP contribution is -2.29. The van der Waals surface area contributed by atoms with Crippen molar-refractivity contribution < 1.29 is 9.59 Å². The number of hydrogen-bond donors (Lipinski definition) is 0. The summed E-state index contributed by atoms with van der Waals surface area (Å²) in [6.07, 6.45) is 7.29. The number of nitrogens with zero attached hydrogens (tertiary/aromatic N) is 3. The highest BCUT2D eigenvalue weighted by Gasteiger charge is 2.34. The monoisotopic (exact) mass is 415 g/mol. The Kier molecular flexibility index (Phi) is 5.66. The van der Waals surface area contributed by atoms with Gasteiger partial charge >= 0.3 is 0 Å². The van der Waals surface area contributed by atoms with Crippen molar-refractivity contribution in [2.45, 2.75) is 17.9 Å². The zero-order valence-electron chi connectivity index (χ0n) is 14.4. The molecule has 1 fully saturated rings. The molecule has 0 N–H and O–H groups in total. The maximum atomic E-state index is 12.4. The van der Waals surface area contributed by atoms with E-state index < -0.39 is 0 Å². The van der Waals surface area contributed by atoms with Gasteiger partial charge < -0.3 is 0 Å². The molecule has 4 rings (SSSR count). The third-order valence-corrected chi connectivity index (χ3v) is 6.96. The van der Waals surface area contributed by atoms with E-state index in [4.69, 9.17) is 0 Å². The zero-order chi connectivity index (χ0) is 18.6. The van der Waals surface area contributed by atoms with Gasteiger partial charge in [-0.05, 0) is 60.0 Å². The number of carbonyl (C=O) groups excluding carboxylic acids is 2. The van der Waals surface area contributed by atoms with Crippen molar-refractivity contribution in [3.63, 3.8) is 0 Å². The molecular formula is C19H17N3O2S3. The summed E-state index contributed by atoms with van der Waals surface area (Å²) in [5, 5.41) is 2.94. The largest absolute Gasteiger partial charge is 0.294 e. The Morgan fingerprint density at radius 1 is 1.15 bits per heavy atom. The number of carbonyl (C=O) groups is 2. The number of unbranched alkanes of at least 4 members (excludes halogenated alkanes) is 1. The van der Waals surface area contributed by atoms with Crippen LogP contribution in [0.15, 0.2) is 58.0 Å². The van der Waals surface area contributed by atoms with Crippen LogP contribution >= 0.6 is 34.9 Å². The predicted molar refractivity (Wildman–Crippen MR) is 112 cm³/mol. The van der Waals surface area contributed by atoms with Crippen molar-refractivity contribution in [3.05, 3.63) is 57.9 Å². The molecule has 0 bridgehead atoms. The molecule has 5 nitrogen and oxygen atoms in total. The summed E-state index contributed by atoms with van der Waals surface area (Å²) < 4.78 is 2.07. The van der Waals surface area contributed by atoms with Gasteiger partial charge in [0.1, 0.15) is 5.65 Å². The molecule has 4 heterocycles. The number of thioether (sulfide) groups is 2. The van der Waals surface area contributed by atoms with E-state index in [9.17, 15) is 9.59 Å². The second-order valence-electron chi connectivity index (χ2n) is 5.92. The van der Waals surface area contributed by atoms with Crippen molar-refractivity contribution >= 4 is 57.7 Å². The third-order valence-electron chi connectivity index (χ3n) is 4.11. The van der Waals surface area contributed by atoms with E-state index in [1.165, 1.54) is 4.90 Å². The van der Waals surface area contributed by atoms with Crippen molar-refractivity contribution in [1.29, 1.82) is 0 Å². The maximum Gasteiger partial charge on any atom is 0.293 e. The van der Waals surface area contributed by atoms with Gasteiger partial charge in [-0.2, -0.15) is 0 Å². The molecule has 1 aliphatic rings. The Balaban J connectivity index is 1.27. The maximum absolute atomic E-state index is 12.4. The van der Waals surface area contributed by atoms with Crippen molar-refractivity contribution in [2.24, 2.45) is 0 Å². The molecule has 138 valence electrons. The lowest BCUT2D eigenvalue weighted by Gasteiger charge is -2.12. The first kappa shape index (κ1) is 18.3. The molecule has 0 radical (unpaired) electrons. The van der Waals surface area contributed by atoms with Crippen LogP contribution in [0.1, 0.15) is 17.7 Å². The summed E-state index contributed by atoms with van der Waals surface area (Å²) >= 11 is 4.35. The fourth-order valence-corrected chi connectivity index (χ4v) is 5.40. The van der Waals surface area contributed by atoms with Gasteiger partial charge in [0.2, 0.25) is 0 Å². The molecule has 1 aliphatic heterocycles. The van der Waals surface area contributed by atoms with Crippen LogP contribution in [0.2, 0.25) is 0 Å². The van der Waals surface area contributed by atoms with E-state index in [-0.39, 0.29) is 11.1 Å². The van der Waals surface area contributed by atoms with Crippen LogP contribution < -0.4 is 0 Å². The molecule has 27 heavy (non-hydrogen) atoms. The number of imidazole rings is 1. The van der Waals surface area contributed by atoms with E-state index in [2.05, 4.69) is 15.5 Å². The molecule has 0 aromatic carbocycles. The van der Waals surface area contributed by atoms with Gasteiger partial charge in [-0.1, -0.05) is 12.1 Å². The van der Waals surface area contributed by atoms with Crippen LogP contribution in [0.3, 0.4) is 0 Å². The first-order valence-corrected chi connectivity index (χ1v) is 11.2. The van der Waals surface area contributed by atoms with Crippen LogP contribution in [-0.4, -0.2) is 37.7 Å². The Morgan fingerprint density at radius 3 is 2.93 bits per heavy atom. The van der Waals surface area contributed by atoms with Gasteiger partial charge in [0, 0.05) is 23.8 Å². The number of thiophene rings is 1. The van der Waals surface area contributed by atoms with Crippen LogP contribution in [-0.2, 0) is 4.79 Å². The molecule has 1 saturated heterocycles. The quantitative estimate of drug-likeness (QED) is 0.309. The van der Waals surface area contributed by atoms with Gasteiger partial charge in [-0.3, -0.25) is 18.9 Å². The summed E-state index contributed by atoms with van der Waals surface area (Å²) in [5.41, 5.74) is 0.940. The lowest BCUT2D eigenvalue weighted by molar-refractivity contribution is -0.122. The van der Waals surface area contributed by atoms with Crippen LogP contribution in [0.4, 0.5) is 4.79 Å². The van der Waals surface area contributed by atoms with Crippen molar-refractivity contribution in [3.8, 4) is 0 Å². The van der Waals surface area contributed by atoms with E-state index in [1.807, 2.05) is 35.8 Å². The predicted octanol–water partition coefficient (Wildman–Crippen LogP) is 5.00. The minimum absolute atomic E-state index is 0.168. The van der Waals surface area contributed by atoms with Crippen LogP contribution in [0.25, 0.3) is 11.7 Å². The Morgan fingerprint density at radius 2 is 2.07 bits per heavy atom. The smallest absolute Gasteiger partial charge is 0.293 e. The Bertz CT molecular complexity index is 995. The molecule has 0 saturated carbocycles. The van der Waals surface area contributed by atoms with Gasteiger partial charge in [-0.15, -0.1) is 23.1 Å². The number of aromatic nitrogens is 2. The summed E-state index contributed by atoms with van der Waals surface area (Å²) in [7, 11) is 0. The minimum Gasteiger partial charge on any atom is -0.294 e. The highest BCUT2D eigenvalue weighted by atomic mass is 32.2. The first-order valence-electron chi connectivity index (χ1n) is 8.56. The molecule has 0 unspecified atom stereocenters. The highest BCUT2D eigenvalue weighted by molar-refractivity contribution is 8.18. The highest BCUT2D eigenvalue weighted by Crippen LogP contribution is 2.33. The fourth-order valence-electron chi connectivity index (χ4n) is 2.78. The SMILES string of the molecule is O=C1SC(=Cc2cccs2)C(=O)N1CCCCSc1cccc2nccn12. The van der Waals surface area contributed by atoms with Crippen LogP contribution in [0.5, 0.6) is 0 Å². The number of pyridine rings is 1. The average molecular weight is 416 g/mol. The lowest BCUT2D eigenvalue weighted by atomic mass is 10.3. The molecule has 3 aromatic rings. The topological polar surface area (TPSA) is 54.7 Å². The number of amides is 2. The second kappa shape index (κ2) is 8.33. The minimum atomic E-state index is -0.172. The molecule has 3 aromatic heterocycles. The van der Waals surface area contributed by atoms with Gasteiger partial charge in [0.05, 0.1) is 9.93 Å². The molecule has 8 heteroatoms. The third kappa shape index (κ3) is 4.12. The normalized spacial score (nSPS) is 16.1. The molecular weight excluding hydrogens is 398 g/mol. The van der Waals surface area contributed by atoms with Gasteiger partial charge in [0.25, 0.3) is 11.1 Å². The Hall–Kier alpha value is -2.03. The molecule has 0 aliphatic carbocycles. The summed E-state index contributed by atoms with van der Waals surface area (Å²) in [5.74, 6) is 0.757. The van der Waals surface area contributed by atoms with Crippen LogP contribution in [0, 0.1) is 0 Å².